The molecule has 4 nitrogen and oxygen atoms in total. The molecule has 0 aliphatic rings. The summed E-state index contributed by atoms with van der Waals surface area (Å²) in [6, 6.07) is 22.4. The van der Waals surface area contributed by atoms with Crippen LogP contribution in [-0.2, 0) is 4.79 Å². The Labute approximate surface area is 133 Å². The molecule has 0 aliphatic heterocycles. The molecule has 0 heterocycles. The van der Waals surface area contributed by atoms with E-state index in [0.717, 1.165) is 10.8 Å². The fourth-order valence-corrected chi connectivity index (χ4v) is 2.33. The van der Waals surface area contributed by atoms with E-state index in [1.54, 1.807) is 24.3 Å². The van der Waals surface area contributed by atoms with Crippen LogP contribution in [0.5, 0.6) is 5.75 Å². The van der Waals surface area contributed by atoms with Crippen LogP contribution in [0.2, 0.25) is 0 Å². The molecule has 0 spiro atoms. The van der Waals surface area contributed by atoms with Crippen molar-refractivity contribution in [1.29, 1.82) is 5.26 Å². The molecule has 0 bridgehead atoms. The first-order valence-corrected chi connectivity index (χ1v) is 7.17. The van der Waals surface area contributed by atoms with E-state index in [-0.39, 0.29) is 12.5 Å². The summed E-state index contributed by atoms with van der Waals surface area (Å²) in [5.74, 6) is 0.400. The van der Waals surface area contributed by atoms with Crippen LogP contribution in [0, 0.1) is 11.3 Å². The summed E-state index contributed by atoms with van der Waals surface area (Å²) in [5, 5.41) is 13.6. The first-order chi connectivity index (χ1) is 11.3. The van der Waals surface area contributed by atoms with E-state index in [2.05, 4.69) is 5.32 Å². The average molecular weight is 302 g/mol. The van der Waals surface area contributed by atoms with E-state index >= 15 is 0 Å². The van der Waals surface area contributed by atoms with Gasteiger partial charge in [0.2, 0.25) is 0 Å². The number of nitriles is 1. The van der Waals surface area contributed by atoms with Gasteiger partial charge in [0.05, 0.1) is 11.6 Å². The van der Waals surface area contributed by atoms with Crippen molar-refractivity contribution in [2.24, 2.45) is 0 Å². The third-order valence-corrected chi connectivity index (χ3v) is 3.38. The summed E-state index contributed by atoms with van der Waals surface area (Å²) in [5.41, 5.74) is 1.08. The monoisotopic (exact) mass is 302 g/mol. The van der Waals surface area contributed by atoms with E-state index in [4.69, 9.17) is 10.00 Å². The van der Waals surface area contributed by atoms with Crippen LogP contribution in [0.15, 0.2) is 66.7 Å². The van der Waals surface area contributed by atoms with Gasteiger partial charge in [-0.1, -0.05) is 42.5 Å². The number of nitrogens with zero attached hydrogens (tertiary/aromatic N) is 1. The first-order valence-electron chi connectivity index (χ1n) is 7.17. The highest BCUT2D eigenvalue weighted by Gasteiger charge is 2.06. The lowest BCUT2D eigenvalue weighted by Crippen LogP contribution is -2.20. The van der Waals surface area contributed by atoms with Crippen LogP contribution in [0.3, 0.4) is 0 Å². The van der Waals surface area contributed by atoms with Gasteiger partial charge in [-0.3, -0.25) is 4.79 Å². The second kappa shape index (κ2) is 6.63. The van der Waals surface area contributed by atoms with Crippen LogP contribution in [0.1, 0.15) is 5.56 Å². The number of anilines is 1. The van der Waals surface area contributed by atoms with E-state index in [1.165, 1.54) is 0 Å². The fourth-order valence-electron chi connectivity index (χ4n) is 2.33. The largest absolute Gasteiger partial charge is 0.483 e. The Balaban J connectivity index is 1.68. The van der Waals surface area contributed by atoms with Crippen LogP contribution < -0.4 is 10.1 Å². The Morgan fingerprint density at radius 2 is 1.83 bits per heavy atom. The van der Waals surface area contributed by atoms with Crippen molar-refractivity contribution in [3.05, 3.63) is 72.3 Å². The van der Waals surface area contributed by atoms with Crippen molar-refractivity contribution in [3.63, 3.8) is 0 Å². The number of fused-ring (bicyclic) bond motifs is 1. The molecular weight excluding hydrogens is 288 g/mol. The highest BCUT2D eigenvalue weighted by molar-refractivity contribution is 5.93. The number of carbonyl (C=O) groups is 1. The zero-order chi connectivity index (χ0) is 16.1. The molecule has 3 aromatic carbocycles. The number of carbonyl (C=O) groups excluding carboxylic acids is 1. The molecule has 0 unspecified atom stereocenters. The topological polar surface area (TPSA) is 62.1 Å². The molecule has 1 N–H and O–H groups in total. The quantitative estimate of drug-likeness (QED) is 0.798. The fraction of sp³-hybridized carbons (Fsp3) is 0.0526. The van der Waals surface area contributed by atoms with Crippen molar-refractivity contribution >= 4 is 22.4 Å². The number of rotatable bonds is 4. The molecule has 0 aromatic heterocycles. The molecule has 0 atom stereocenters. The van der Waals surface area contributed by atoms with Gasteiger partial charge in [-0.05, 0) is 29.7 Å². The number of nitrogens with one attached hydrogen (secondary N) is 1. The summed E-state index contributed by atoms with van der Waals surface area (Å²) >= 11 is 0. The van der Waals surface area contributed by atoms with Gasteiger partial charge in [0.15, 0.2) is 6.61 Å². The van der Waals surface area contributed by atoms with Gasteiger partial charge in [0, 0.05) is 11.1 Å². The Bertz CT molecular complexity index is 892. The Kier molecular flexibility index (Phi) is 4.21. The van der Waals surface area contributed by atoms with Crippen LogP contribution in [-0.4, -0.2) is 12.5 Å². The minimum atomic E-state index is -0.270. The number of amides is 1. The molecule has 0 fully saturated rings. The molecule has 0 saturated heterocycles. The SMILES string of the molecule is N#Cc1cccc(NC(=O)COc2cccc3ccccc23)c1. The van der Waals surface area contributed by atoms with E-state index in [0.29, 0.717) is 17.0 Å². The van der Waals surface area contributed by atoms with Crippen LogP contribution >= 0.6 is 0 Å². The third-order valence-electron chi connectivity index (χ3n) is 3.38. The Morgan fingerprint density at radius 1 is 1.04 bits per heavy atom. The zero-order valence-electron chi connectivity index (χ0n) is 12.3. The molecule has 3 rings (SSSR count). The van der Waals surface area contributed by atoms with Gasteiger partial charge >= 0.3 is 0 Å². The smallest absolute Gasteiger partial charge is 0.262 e. The second-order valence-corrected chi connectivity index (χ2v) is 5.01. The molecule has 23 heavy (non-hydrogen) atoms. The maximum absolute atomic E-state index is 12.0. The van der Waals surface area contributed by atoms with Crippen molar-refractivity contribution < 1.29 is 9.53 Å². The number of hydrogen-bond donors (Lipinski definition) is 1. The average Bonchev–Trinajstić information content (AvgIpc) is 2.60. The van der Waals surface area contributed by atoms with Gasteiger partial charge in [-0.25, -0.2) is 0 Å². The lowest BCUT2D eigenvalue weighted by atomic mass is 10.1. The van der Waals surface area contributed by atoms with Gasteiger partial charge in [-0.15, -0.1) is 0 Å². The van der Waals surface area contributed by atoms with Crippen molar-refractivity contribution in [2.75, 3.05) is 11.9 Å². The minimum absolute atomic E-state index is 0.0925. The third kappa shape index (κ3) is 3.47. The highest BCUT2D eigenvalue weighted by Crippen LogP contribution is 2.25. The Morgan fingerprint density at radius 3 is 2.70 bits per heavy atom. The molecular formula is C19H14N2O2. The molecule has 3 aromatic rings. The van der Waals surface area contributed by atoms with E-state index < -0.39 is 0 Å². The van der Waals surface area contributed by atoms with Crippen LogP contribution in [0.25, 0.3) is 10.8 Å². The molecule has 0 radical (unpaired) electrons. The van der Waals surface area contributed by atoms with Gasteiger partial charge < -0.3 is 10.1 Å². The first kappa shape index (κ1) is 14.6. The van der Waals surface area contributed by atoms with Gasteiger partial charge in [-0.2, -0.15) is 5.26 Å². The molecule has 0 saturated carbocycles. The second-order valence-electron chi connectivity index (χ2n) is 5.01. The van der Waals surface area contributed by atoms with E-state index in [1.807, 2.05) is 48.5 Å². The molecule has 112 valence electrons. The summed E-state index contributed by atoms with van der Waals surface area (Å²) in [6.07, 6.45) is 0. The lowest BCUT2D eigenvalue weighted by molar-refractivity contribution is -0.118. The Hall–Kier alpha value is -3.32. The molecule has 1 amide bonds. The maximum Gasteiger partial charge on any atom is 0.262 e. The maximum atomic E-state index is 12.0. The standard InChI is InChI=1S/C19H14N2O2/c20-12-14-5-3-8-16(11-14)21-19(22)13-23-18-10-4-7-15-6-1-2-9-17(15)18/h1-11H,13H2,(H,21,22). The van der Waals surface area contributed by atoms with E-state index in [9.17, 15) is 4.79 Å². The summed E-state index contributed by atoms with van der Waals surface area (Å²) < 4.78 is 5.63. The lowest BCUT2D eigenvalue weighted by Gasteiger charge is -2.10. The van der Waals surface area contributed by atoms with Crippen molar-refractivity contribution in [1.82, 2.24) is 0 Å². The zero-order valence-corrected chi connectivity index (χ0v) is 12.3. The molecule has 4 heteroatoms. The van der Waals surface area contributed by atoms with Crippen LogP contribution in [0.4, 0.5) is 5.69 Å². The predicted octanol–water partition coefficient (Wildman–Crippen LogP) is 3.73. The molecule has 0 aliphatic carbocycles. The summed E-state index contributed by atoms with van der Waals surface area (Å²) in [6.45, 7) is -0.0925. The number of hydrogen-bond acceptors (Lipinski definition) is 3. The number of benzene rings is 3. The minimum Gasteiger partial charge on any atom is -0.483 e. The van der Waals surface area contributed by atoms with Gasteiger partial charge in [0.1, 0.15) is 5.75 Å². The normalized spacial score (nSPS) is 10.0. The summed E-state index contributed by atoms with van der Waals surface area (Å²) in [7, 11) is 0. The highest BCUT2D eigenvalue weighted by atomic mass is 16.5. The van der Waals surface area contributed by atoms with Crippen molar-refractivity contribution in [3.8, 4) is 11.8 Å². The predicted molar refractivity (Wildman–Crippen MR) is 89.2 cm³/mol. The number of ether oxygens (including phenoxy) is 1. The van der Waals surface area contributed by atoms with Crippen molar-refractivity contribution in [2.45, 2.75) is 0 Å². The summed E-state index contributed by atoms with van der Waals surface area (Å²) in [4.78, 5) is 12.0. The van der Waals surface area contributed by atoms with Gasteiger partial charge in [0.25, 0.3) is 5.91 Å².